The molecule has 0 amide bonds. The number of hydrogen-bond donors (Lipinski definition) is 1. The van der Waals surface area contributed by atoms with Gasteiger partial charge in [-0.25, -0.2) is 0 Å². The van der Waals surface area contributed by atoms with E-state index in [1.165, 1.54) is 5.56 Å². The Morgan fingerprint density at radius 1 is 1.27 bits per heavy atom. The van der Waals surface area contributed by atoms with E-state index in [2.05, 4.69) is 22.8 Å². The zero-order chi connectivity index (χ0) is 10.5. The molecule has 0 spiro atoms. The van der Waals surface area contributed by atoms with E-state index in [1.807, 2.05) is 29.6 Å². The maximum atomic E-state index is 8.89. The summed E-state index contributed by atoms with van der Waals surface area (Å²) in [6, 6.07) is 11.8. The van der Waals surface area contributed by atoms with Crippen LogP contribution in [0.4, 0.5) is 5.69 Å². The van der Waals surface area contributed by atoms with E-state index >= 15 is 0 Å². The van der Waals surface area contributed by atoms with Crippen LogP contribution in [0.5, 0.6) is 0 Å². The Bertz CT molecular complexity index is 469. The molecule has 0 bridgehead atoms. The van der Waals surface area contributed by atoms with Gasteiger partial charge in [0.25, 0.3) is 0 Å². The Labute approximate surface area is 92.8 Å². The molecule has 0 fully saturated rings. The lowest BCUT2D eigenvalue weighted by molar-refractivity contribution is 1.16. The minimum absolute atomic E-state index is 0.688. The minimum atomic E-state index is 0.688. The highest BCUT2D eigenvalue weighted by molar-refractivity contribution is 7.07. The van der Waals surface area contributed by atoms with Gasteiger partial charge in [-0.3, -0.25) is 0 Å². The van der Waals surface area contributed by atoms with Gasteiger partial charge in [0.15, 0.2) is 0 Å². The van der Waals surface area contributed by atoms with Crippen LogP contribution >= 0.6 is 11.3 Å². The third-order valence-corrected chi connectivity index (χ3v) is 2.84. The van der Waals surface area contributed by atoms with Crippen molar-refractivity contribution in [1.82, 2.24) is 0 Å². The van der Waals surface area contributed by atoms with Gasteiger partial charge in [0, 0.05) is 6.54 Å². The first-order chi connectivity index (χ1) is 7.40. The molecular formula is C12H10N2S. The molecule has 15 heavy (non-hydrogen) atoms. The van der Waals surface area contributed by atoms with E-state index in [1.54, 1.807) is 11.3 Å². The lowest BCUT2D eigenvalue weighted by Crippen LogP contribution is -1.99. The number of rotatable bonds is 3. The highest BCUT2D eigenvalue weighted by atomic mass is 32.1. The van der Waals surface area contributed by atoms with Gasteiger partial charge in [-0.15, -0.1) is 0 Å². The number of para-hydroxylation sites is 1. The molecule has 0 saturated carbocycles. The standard InChI is InChI=1S/C12H10N2S/c13-7-11-3-1-2-4-12(11)14-8-10-5-6-15-9-10/h1-6,9,14H,8H2. The molecule has 1 N–H and O–H groups in total. The van der Waals surface area contributed by atoms with Crippen molar-refractivity contribution in [2.45, 2.75) is 6.54 Å². The van der Waals surface area contributed by atoms with Crippen LogP contribution in [0.15, 0.2) is 41.1 Å². The van der Waals surface area contributed by atoms with Crippen LogP contribution in [0.1, 0.15) is 11.1 Å². The van der Waals surface area contributed by atoms with Crippen molar-refractivity contribution in [2.24, 2.45) is 0 Å². The molecule has 0 radical (unpaired) electrons. The van der Waals surface area contributed by atoms with Gasteiger partial charge in [0.05, 0.1) is 11.3 Å². The monoisotopic (exact) mass is 214 g/mol. The van der Waals surface area contributed by atoms with E-state index in [-0.39, 0.29) is 0 Å². The van der Waals surface area contributed by atoms with Gasteiger partial charge in [-0.1, -0.05) is 12.1 Å². The lowest BCUT2D eigenvalue weighted by atomic mass is 10.2. The zero-order valence-electron chi connectivity index (χ0n) is 8.10. The molecule has 1 aromatic carbocycles. The Morgan fingerprint density at radius 2 is 2.13 bits per heavy atom. The first-order valence-electron chi connectivity index (χ1n) is 4.64. The van der Waals surface area contributed by atoms with Gasteiger partial charge in [-0.2, -0.15) is 16.6 Å². The highest BCUT2D eigenvalue weighted by Gasteiger charge is 1.99. The molecule has 0 aliphatic rings. The van der Waals surface area contributed by atoms with Gasteiger partial charge < -0.3 is 5.32 Å². The molecular weight excluding hydrogens is 204 g/mol. The predicted octanol–water partition coefficient (Wildman–Crippen LogP) is 3.23. The predicted molar refractivity (Wildman–Crippen MR) is 62.8 cm³/mol. The average molecular weight is 214 g/mol. The Morgan fingerprint density at radius 3 is 2.87 bits per heavy atom. The molecule has 0 saturated heterocycles. The fourth-order valence-electron chi connectivity index (χ4n) is 1.33. The van der Waals surface area contributed by atoms with Crippen LogP contribution < -0.4 is 5.32 Å². The van der Waals surface area contributed by atoms with E-state index in [4.69, 9.17) is 5.26 Å². The number of anilines is 1. The summed E-state index contributed by atoms with van der Waals surface area (Å²) >= 11 is 1.68. The van der Waals surface area contributed by atoms with Crippen molar-refractivity contribution in [3.63, 3.8) is 0 Å². The normalized spacial score (nSPS) is 9.53. The lowest BCUT2D eigenvalue weighted by Gasteiger charge is -2.06. The second-order valence-corrected chi connectivity index (χ2v) is 3.92. The van der Waals surface area contributed by atoms with Crippen molar-refractivity contribution in [1.29, 1.82) is 5.26 Å². The quantitative estimate of drug-likeness (QED) is 0.851. The van der Waals surface area contributed by atoms with Crippen LogP contribution in [-0.2, 0) is 6.54 Å². The van der Waals surface area contributed by atoms with Crippen molar-refractivity contribution in [3.8, 4) is 6.07 Å². The van der Waals surface area contributed by atoms with Crippen molar-refractivity contribution in [3.05, 3.63) is 52.2 Å². The first kappa shape index (κ1) is 9.75. The number of thiophene rings is 1. The number of nitriles is 1. The van der Waals surface area contributed by atoms with Crippen LogP contribution in [0.2, 0.25) is 0 Å². The highest BCUT2D eigenvalue weighted by Crippen LogP contribution is 2.15. The van der Waals surface area contributed by atoms with Crippen LogP contribution in [0.25, 0.3) is 0 Å². The molecule has 2 rings (SSSR count). The summed E-state index contributed by atoms with van der Waals surface area (Å²) in [6.07, 6.45) is 0. The number of benzene rings is 1. The fraction of sp³-hybridized carbons (Fsp3) is 0.0833. The molecule has 74 valence electrons. The molecule has 3 heteroatoms. The van der Waals surface area contributed by atoms with E-state index < -0.39 is 0 Å². The second-order valence-electron chi connectivity index (χ2n) is 3.14. The van der Waals surface area contributed by atoms with E-state index in [0.717, 1.165) is 12.2 Å². The molecule has 1 aromatic heterocycles. The molecule has 2 aromatic rings. The molecule has 2 nitrogen and oxygen atoms in total. The third-order valence-electron chi connectivity index (χ3n) is 2.11. The van der Waals surface area contributed by atoms with Gasteiger partial charge in [-0.05, 0) is 34.5 Å². The maximum absolute atomic E-state index is 8.89. The summed E-state index contributed by atoms with van der Waals surface area (Å²) < 4.78 is 0. The summed E-state index contributed by atoms with van der Waals surface area (Å²) in [5.41, 5.74) is 2.83. The smallest absolute Gasteiger partial charge is 0.101 e. The first-order valence-corrected chi connectivity index (χ1v) is 5.58. The zero-order valence-corrected chi connectivity index (χ0v) is 8.92. The molecule has 0 aliphatic heterocycles. The maximum Gasteiger partial charge on any atom is 0.101 e. The van der Waals surface area contributed by atoms with E-state index in [0.29, 0.717) is 5.56 Å². The molecule has 0 atom stereocenters. The molecule has 1 heterocycles. The van der Waals surface area contributed by atoms with Crippen molar-refractivity contribution in [2.75, 3.05) is 5.32 Å². The van der Waals surface area contributed by atoms with Crippen LogP contribution in [-0.4, -0.2) is 0 Å². The Hall–Kier alpha value is -1.79. The van der Waals surface area contributed by atoms with Gasteiger partial charge >= 0.3 is 0 Å². The van der Waals surface area contributed by atoms with Crippen molar-refractivity contribution >= 4 is 17.0 Å². The molecule has 0 aliphatic carbocycles. The van der Waals surface area contributed by atoms with Gasteiger partial charge in [0.2, 0.25) is 0 Å². The van der Waals surface area contributed by atoms with Crippen LogP contribution in [0.3, 0.4) is 0 Å². The Kier molecular flexibility index (Phi) is 3.01. The fourth-order valence-corrected chi connectivity index (χ4v) is 1.99. The van der Waals surface area contributed by atoms with Crippen LogP contribution in [0, 0.1) is 11.3 Å². The topological polar surface area (TPSA) is 35.8 Å². The summed E-state index contributed by atoms with van der Waals surface area (Å²) in [6.45, 7) is 0.766. The van der Waals surface area contributed by atoms with Gasteiger partial charge in [0.1, 0.15) is 6.07 Å². The minimum Gasteiger partial charge on any atom is -0.380 e. The average Bonchev–Trinajstić information content (AvgIpc) is 2.79. The number of hydrogen-bond acceptors (Lipinski definition) is 3. The summed E-state index contributed by atoms with van der Waals surface area (Å²) in [5, 5.41) is 16.3. The Balaban J connectivity index is 2.08. The third kappa shape index (κ3) is 2.36. The summed E-state index contributed by atoms with van der Waals surface area (Å²) in [4.78, 5) is 0. The number of nitrogens with zero attached hydrogens (tertiary/aromatic N) is 1. The second kappa shape index (κ2) is 4.63. The largest absolute Gasteiger partial charge is 0.380 e. The molecule has 0 unspecified atom stereocenters. The van der Waals surface area contributed by atoms with E-state index in [9.17, 15) is 0 Å². The summed E-state index contributed by atoms with van der Waals surface area (Å²) in [5.74, 6) is 0. The number of nitrogens with one attached hydrogen (secondary N) is 1. The van der Waals surface area contributed by atoms with Crippen molar-refractivity contribution < 1.29 is 0 Å². The summed E-state index contributed by atoms with van der Waals surface area (Å²) in [7, 11) is 0. The SMILES string of the molecule is N#Cc1ccccc1NCc1ccsc1.